The maximum Gasteiger partial charge on any atom is 0.414 e. The van der Waals surface area contributed by atoms with E-state index in [2.05, 4.69) is 0 Å². The largest absolute Gasteiger partial charge is 0.443 e. The molecule has 15 heavy (non-hydrogen) atoms. The van der Waals surface area contributed by atoms with Gasteiger partial charge in [-0.1, -0.05) is 0 Å². The SMILES string of the molecule is CC(C)(C)OC(=O)N1C=CC(C#N)=CC1. The van der Waals surface area contributed by atoms with Gasteiger partial charge in [0.15, 0.2) is 0 Å². The van der Waals surface area contributed by atoms with E-state index in [4.69, 9.17) is 10.00 Å². The van der Waals surface area contributed by atoms with Crippen molar-refractivity contribution in [1.29, 1.82) is 5.26 Å². The van der Waals surface area contributed by atoms with Gasteiger partial charge in [0.25, 0.3) is 0 Å². The predicted molar refractivity (Wildman–Crippen MR) is 55.8 cm³/mol. The molecule has 0 aromatic carbocycles. The number of carbonyl (C=O) groups excluding carboxylic acids is 1. The van der Waals surface area contributed by atoms with Crippen LogP contribution < -0.4 is 0 Å². The van der Waals surface area contributed by atoms with Crippen molar-refractivity contribution in [2.24, 2.45) is 0 Å². The van der Waals surface area contributed by atoms with Gasteiger partial charge in [-0.25, -0.2) is 4.79 Å². The maximum atomic E-state index is 11.5. The zero-order chi connectivity index (χ0) is 11.5. The molecular formula is C11H14N2O2. The number of hydrogen-bond donors (Lipinski definition) is 0. The van der Waals surface area contributed by atoms with Crippen molar-refractivity contribution in [3.05, 3.63) is 23.9 Å². The second-order valence-electron chi connectivity index (χ2n) is 4.22. The zero-order valence-corrected chi connectivity index (χ0v) is 9.15. The lowest BCUT2D eigenvalue weighted by atomic mass is 10.2. The van der Waals surface area contributed by atoms with Gasteiger partial charge in [0, 0.05) is 12.7 Å². The lowest BCUT2D eigenvalue weighted by Gasteiger charge is -2.25. The van der Waals surface area contributed by atoms with Crippen molar-refractivity contribution >= 4 is 6.09 Å². The van der Waals surface area contributed by atoms with E-state index in [9.17, 15) is 4.79 Å². The molecule has 0 atom stereocenters. The van der Waals surface area contributed by atoms with Crippen LogP contribution in [0.5, 0.6) is 0 Å². The van der Waals surface area contributed by atoms with Crippen LogP contribution in [0.3, 0.4) is 0 Å². The summed E-state index contributed by atoms with van der Waals surface area (Å²) in [6, 6.07) is 2.01. The molecule has 0 aromatic heterocycles. The van der Waals surface area contributed by atoms with Crippen molar-refractivity contribution in [2.75, 3.05) is 6.54 Å². The van der Waals surface area contributed by atoms with Gasteiger partial charge in [0.1, 0.15) is 5.60 Å². The Hall–Kier alpha value is -1.76. The Morgan fingerprint density at radius 3 is 2.67 bits per heavy atom. The highest BCUT2D eigenvalue weighted by Crippen LogP contribution is 2.13. The van der Waals surface area contributed by atoms with Crippen molar-refractivity contribution < 1.29 is 9.53 Å². The molecule has 1 amide bonds. The topological polar surface area (TPSA) is 53.3 Å². The molecule has 0 bridgehead atoms. The van der Waals surface area contributed by atoms with Gasteiger partial charge in [0.05, 0.1) is 11.6 Å². The molecule has 0 spiro atoms. The van der Waals surface area contributed by atoms with Gasteiger partial charge >= 0.3 is 6.09 Å². The van der Waals surface area contributed by atoms with Crippen LogP contribution in [0.15, 0.2) is 23.9 Å². The van der Waals surface area contributed by atoms with Gasteiger partial charge in [-0.2, -0.15) is 5.26 Å². The molecule has 1 aliphatic heterocycles. The third-order valence-corrected chi connectivity index (χ3v) is 1.70. The molecule has 80 valence electrons. The smallest absolute Gasteiger partial charge is 0.414 e. The lowest BCUT2D eigenvalue weighted by molar-refractivity contribution is 0.0350. The number of rotatable bonds is 0. The zero-order valence-electron chi connectivity index (χ0n) is 9.15. The van der Waals surface area contributed by atoms with Crippen molar-refractivity contribution in [2.45, 2.75) is 26.4 Å². The Bertz CT molecular complexity index is 356. The first kappa shape index (κ1) is 11.3. The van der Waals surface area contributed by atoms with Gasteiger partial charge in [-0.05, 0) is 32.9 Å². The van der Waals surface area contributed by atoms with E-state index < -0.39 is 11.7 Å². The summed E-state index contributed by atoms with van der Waals surface area (Å²) in [6.45, 7) is 5.83. The van der Waals surface area contributed by atoms with Gasteiger partial charge in [-0.3, -0.25) is 4.90 Å². The summed E-state index contributed by atoms with van der Waals surface area (Å²) in [4.78, 5) is 13.0. The van der Waals surface area contributed by atoms with E-state index in [0.29, 0.717) is 12.1 Å². The summed E-state index contributed by atoms with van der Waals surface area (Å²) < 4.78 is 5.17. The highest BCUT2D eigenvalue weighted by molar-refractivity contribution is 5.70. The predicted octanol–water partition coefficient (Wildman–Crippen LogP) is 2.20. The fraction of sp³-hybridized carbons (Fsp3) is 0.455. The number of ether oxygens (including phenoxy) is 1. The van der Waals surface area contributed by atoms with Crippen molar-refractivity contribution in [1.82, 2.24) is 4.90 Å². The first-order valence-electron chi connectivity index (χ1n) is 4.70. The molecule has 0 unspecified atom stereocenters. The average Bonchev–Trinajstić information content (AvgIpc) is 2.15. The summed E-state index contributed by atoms with van der Waals surface area (Å²) in [5, 5.41) is 8.60. The quantitative estimate of drug-likeness (QED) is 0.610. The molecule has 1 heterocycles. The van der Waals surface area contributed by atoms with Crippen LogP contribution in [-0.4, -0.2) is 23.1 Å². The number of hydrogen-bond acceptors (Lipinski definition) is 3. The second-order valence-corrected chi connectivity index (χ2v) is 4.22. The molecule has 0 radical (unpaired) electrons. The first-order chi connectivity index (χ1) is 6.92. The fourth-order valence-corrected chi connectivity index (χ4v) is 1.03. The van der Waals surface area contributed by atoms with E-state index >= 15 is 0 Å². The van der Waals surface area contributed by atoms with Crippen LogP contribution in [0.2, 0.25) is 0 Å². The molecule has 1 rings (SSSR count). The number of nitriles is 1. The van der Waals surface area contributed by atoms with Gasteiger partial charge in [0.2, 0.25) is 0 Å². The van der Waals surface area contributed by atoms with Gasteiger partial charge < -0.3 is 4.74 Å². The summed E-state index contributed by atoms with van der Waals surface area (Å²) >= 11 is 0. The molecule has 1 aliphatic rings. The van der Waals surface area contributed by atoms with Crippen LogP contribution in [0, 0.1) is 11.3 Å². The van der Waals surface area contributed by atoms with Crippen molar-refractivity contribution in [3.63, 3.8) is 0 Å². The van der Waals surface area contributed by atoms with Gasteiger partial charge in [-0.15, -0.1) is 0 Å². The number of amides is 1. The van der Waals surface area contributed by atoms with Crippen LogP contribution in [0.25, 0.3) is 0 Å². The Labute approximate surface area is 89.4 Å². The van der Waals surface area contributed by atoms with Crippen LogP contribution in [-0.2, 0) is 4.74 Å². The van der Waals surface area contributed by atoms with E-state index in [-0.39, 0.29) is 0 Å². The number of allylic oxidation sites excluding steroid dienone is 2. The Balaban J connectivity index is 2.57. The standard InChI is InChI=1S/C11H14N2O2/c1-11(2,3)15-10(14)13-6-4-9(8-12)5-7-13/h4-6H,7H2,1-3H3. The monoisotopic (exact) mass is 206 g/mol. The Morgan fingerprint density at radius 2 is 2.27 bits per heavy atom. The molecular weight excluding hydrogens is 192 g/mol. The van der Waals surface area contributed by atoms with Crippen LogP contribution in [0.1, 0.15) is 20.8 Å². The summed E-state index contributed by atoms with van der Waals surface area (Å²) in [6.07, 6.45) is 4.44. The van der Waals surface area contributed by atoms with E-state index in [1.807, 2.05) is 26.8 Å². The number of nitrogens with zero attached hydrogens (tertiary/aromatic N) is 2. The molecule has 0 N–H and O–H groups in total. The molecule has 0 aliphatic carbocycles. The molecule has 0 saturated carbocycles. The molecule has 0 aromatic rings. The minimum atomic E-state index is -0.496. The third-order valence-electron chi connectivity index (χ3n) is 1.70. The molecule has 0 fully saturated rings. The summed E-state index contributed by atoms with van der Waals surface area (Å²) in [5.41, 5.74) is 0.0687. The normalized spacial score (nSPS) is 15.6. The highest BCUT2D eigenvalue weighted by atomic mass is 16.6. The fourth-order valence-electron chi connectivity index (χ4n) is 1.03. The first-order valence-corrected chi connectivity index (χ1v) is 4.70. The molecule has 4 nitrogen and oxygen atoms in total. The summed E-state index contributed by atoms with van der Waals surface area (Å²) in [7, 11) is 0. The van der Waals surface area contributed by atoms with E-state index in [1.54, 1.807) is 18.4 Å². The van der Waals surface area contributed by atoms with Crippen LogP contribution >= 0.6 is 0 Å². The highest BCUT2D eigenvalue weighted by Gasteiger charge is 2.21. The summed E-state index contributed by atoms with van der Waals surface area (Å²) in [5.74, 6) is 0. The molecule has 0 saturated heterocycles. The number of carbonyl (C=O) groups is 1. The Kier molecular flexibility index (Phi) is 3.15. The van der Waals surface area contributed by atoms with E-state index in [0.717, 1.165) is 0 Å². The van der Waals surface area contributed by atoms with E-state index in [1.165, 1.54) is 4.90 Å². The average molecular weight is 206 g/mol. The maximum absolute atomic E-state index is 11.5. The minimum Gasteiger partial charge on any atom is -0.443 e. The van der Waals surface area contributed by atoms with Crippen molar-refractivity contribution in [3.8, 4) is 6.07 Å². The minimum absolute atomic E-state index is 0.383. The van der Waals surface area contributed by atoms with Crippen LogP contribution in [0.4, 0.5) is 4.79 Å². The second kappa shape index (κ2) is 4.18. The third kappa shape index (κ3) is 3.47. The Morgan fingerprint density at radius 1 is 1.60 bits per heavy atom. The molecule has 4 heteroatoms. The lowest BCUT2D eigenvalue weighted by Crippen LogP contribution is -2.34.